The molecule has 2 aromatic rings. The molecular formula is C12H12Br2N4O2. The van der Waals surface area contributed by atoms with Gasteiger partial charge in [-0.1, -0.05) is 0 Å². The van der Waals surface area contributed by atoms with Crippen molar-refractivity contribution in [3.8, 4) is 17.4 Å². The molecule has 1 heterocycles. The molecule has 0 aliphatic heterocycles. The summed E-state index contributed by atoms with van der Waals surface area (Å²) in [7, 11) is 1.60. The van der Waals surface area contributed by atoms with Gasteiger partial charge < -0.3 is 14.9 Å². The lowest BCUT2D eigenvalue weighted by atomic mass is 10.3. The third-order valence-corrected chi connectivity index (χ3v) is 3.62. The Balaban J connectivity index is 2.35. The Labute approximate surface area is 132 Å². The first-order chi connectivity index (χ1) is 9.53. The van der Waals surface area contributed by atoms with E-state index in [9.17, 15) is 0 Å². The van der Waals surface area contributed by atoms with Crippen LogP contribution < -0.4 is 20.7 Å². The van der Waals surface area contributed by atoms with Gasteiger partial charge in [0.1, 0.15) is 23.1 Å². The summed E-state index contributed by atoms with van der Waals surface area (Å²) in [4.78, 5) is 8.29. The van der Waals surface area contributed by atoms with Crippen LogP contribution in [0.15, 0.2) is 27.1 Å². The first kappa shape index (κ1) is 15.0. The number of hydrogen-bond donors (Lipinski definition) is 2. The van der Waals surface area contributed by atoms with E-state index in [0.717, 1.165) is 8.95 Å². The lowest BCUT2D eigenvalue weighted by Crippen LogP contribution is -2.09. The quantitative estimate of drug-likeness (QED) is 0.601. The van der Waals surface area contributed by atoms with E-state index in [-0.39, 0.29) is 0 Å². The van der Waals surface area contributed by atoms with Crippen LogP contribution >= 0.6 is 31.9 Å². The van der Waals surface area contributed by atoms with Gasteiger partial charge in [0.2, 0.25) is 5.88 Å². The summed E-state index contributed by atoms with van der Waals surface area (Å²) in [6.45, 7) is 1.76. The monoisotopic (exact) mass is 402 g/mol. The Bertz CT molecular complexity index is 637. The van der Waals surface area contributed by atoms with Crippen molar-refractivity contribution in [1.29, 1.82) is 0 Å². The lowest BCUT2D eigenvalue weighted by molar-refractivity contribution is 0.408. The summed E-state index contributed by atoms with van der Waals surface area (Å²) in [5, 5.41) is 0. The third kappa shape index (κ3) is 3.38. The molecule has 0 atom stereocenters. The van der Waals surface area contributed by atoms with E-state index >= 15 is 0 Å². The van der Waals surface area contributed by atoms with Gasteiger partial charge in [0.05, 0.1) is 16.1 Å². The van der Waals surface area contributed by atoms with Gasteiger partial charge in [-0.3, -0.25) is 0 Å². The van der Waals surface area contributed by atoms with Crippen LogP contribution in [0.5, 0.6) is 17.4 Å². The minimum Gasteiger partial charge on any atom is -0.496 e. The molecule has 0 aliphatic carbocycles. The lowest BCUT2D eigenvalue weighted by Gasteiger charge is -2.11. The van der Waals surface area contributed by atoms with Gasteiger partial charge in [0, 0.05) is 6.07 Å². The maximum absolute atomic E-state index is 5.73. The highest BCUT2D eigenvalue weighted by Crippen LogP contribution is 2.37. The van der Waals surface area contributed by atoms with E-state index < -0.39 is 0 Å². The van der Waals surface area contributed by atoms with Crippen molar-refractivity contribution in [2.75, 3.05) is 12.5 Å². The number of benzene rings is 1. The molecule has 0 amide bonds. The van der Waals surface area contributed by atoms with Crippen LogP contribution in [0.1, 0.15) is 5.82 Å². The second-order valence-electron chi connectivity index (χ2n) is 3.80. The van der Waals surface area contributed by atoms with Gasteiger partial charge in [-0.15, -0.1) is 0 Å². The van der Waals surface area contributed by atoms with Crippen molar-refractivity contribution >= 4 is 37.7 Å². The number of nitrogens with two attached hydrogens (primary N) is 1. The number of aromatic nitrogens is 2. The molecule has 0 saturated carbocycles. The van der Waals surface area contributed by atoms with Crippen molar-refractivity contribution in [2.24, 2.45) is 5.84 Å². The Morgan fingerprint density at radius 2 is 1.75 bits per heavy atom. The maximum Gasteiger partial charge on any atom is 0.224 e. The van der Waals surface area contributed by atoms with Crippen molar-refractivity contribution < 1.29 is 9.47 Å². The van der Waals surface area contributed by atoms with Gasteiger partial charge in [-0.05, 0) is 50.9 Å². The van der Waals surface area contributed by atoms with Crippen LogP contribution in [0.3, 0.4) is 0 Å². The predicted molar refractivity (Wildman–Crippen MR) is 83.0 cm³/mol. The topological polar surface area (TPSA) is 82.3 Å². The normalized spacial score (nSPS) is 10.2. The molecule has 106 valence electrons. The number of nitrogens with zero attached hydrogens (tertiary/aromatic N) is 2. The second-order valence-corrected chi connectivity index (χ2v) is 5.51. The molecule has 0 radical (unpaired) electrons. The van der Waals surface area contributed by atoms with Gasteiger partial charge in [-0.25, -0.2) is 10.8 Å². The Morgan fingerprint density at radius 3 is 2.40 bits per heavy atom. The summed E-state index contributed by atoms with van der Waals surface area (Å²) < 4.78 is 12.5. The van der Waals surface area contributed by atoms with Crippen molar-refractivity contribution in [3.63, 3.8) is 0 Å². The molecule has 2 rings (SSSR count). The van der Waals surface area contributed by atoms with E-state index in [4.69, 9.17) is 15.3 Å². The second kappa shape index (κ2) is 6.38. The minimum atomic E-state index is 0.392. The summed E-state index contributed by atoms with van der Waals surface area (Å²) >= 11 is 6.83. The SMILES string of the molecule is COc1cc(Br)c(Oc2cc(NN)nc(C)n2)cc1Br. The molecule has 1 aromatic heterocycles. The summed E-state index contributed by atoms with van der Waals surface area (Å²) in [6, 6.07) is 5.20. The summed E-state index contributed by atoms with van der Waals surface area (Å²) in [5.74, 6) is 8.07. The van der Waals surface area contributed by atoms with E-state index in [0.29, 0.717) is 29.0 Å². The van der Waals surface area contributed by atoms with Crippen LogP contribution in [-0.2, 0) is 0 Å². The standard InChI is InChI=1S/C12H12Br2N4O2/c1-6-16-11(18-15)5-12(17-6)20-10-4-7(13)9(19-2)3-8(10)14/h3-5H,15H2,1-2H3,(H,16,17,18). The summed E-state index contributed by atoms with van der Waals surface area (Å²) in [6.07, 6.45) is 0. The molecule has 6 nitrogen and oxygen atoms in total. The Hall–Kier alpha value is -1.38. The predicted octanol–water partition coefficient (Wildman–Crippen LogP) is 3.40. The van der Waals surface area contributed by atoms with Gasteiger partial charge in [0.25, 0.3) is 0 Å². The highest BCUT2D eigenvalue weighted by atomic mass is 79.9. The molecule has 0 aliphatic rings. The molecule has 3 N–H and O–H groups in total. The van der Waals surface area contributed by atoms with E-state index in [1.165, 1.54) is 0 Å². The molecule has 1 aromatic carbocycles. The van der Waals surface area contributed by atoms with Crippen molar-refractivity contribution in [1.82, 2.24) is 9.97 Å². The van der Waals surface area contributed by atoms with Gasteiger partial charge in [-0.2, -0.15) is 4.98 Å². The van der Waals surface area contributed by atoms with Crippen LogP contribution in [-0.4, -0.2) is 17.1 Å². The zero-order valence-corrected chi connectivity index (χ0v) is 13.9. The summed E-state index contributed by atoms with van der Waals surface area (Å²) in [5.41, 5.74) is 2.47. The molecular weight excluding hydrogens is 392 g/mol. The number of hydrogen-bond acceptors (Lipinski definition) is 6. The first-order valence-electron chi connectivity index (χ1n) is 5.56. The van der Waals surface area contributed by atoms with Crippen molar-refractivity contribution in [2.45, 2.75) is 6.92 Å². The molecule has 20 heavy (non-hydrogen) atoms. The fraction of sp³-hybridized carbons (Fsp3) is 0.167. The van der Waals surface area contributed by atoms with Crippen LogP contribution in [0, 0.1) is 6.92 Å². The number of methoxy groups -OCH3 is 1. The van der Waals surface area contributed by atoms with Crippen LogP contribution in [0.2, 0.25) is 0 Å². The molecule has 0 saturated heterocycles. The molecule has 0 bridgehead atoms. The minimum absolute atomic E-state index is 0.392. The largest absolute Gasteiger partial charge is 0.496 e. The average Bonchev–Trinajstić information content (AvgIpc) is 2.41. The number of rotatable bonds is 4. The first-order valence-corrected chi connectivity index (χ1v) is 7.15. The molecule has 8 heteroatoms. The zero-order chi connectivity index (χ0) is 14.7. The van der Waals surface area contributed by atoms with Gasteiger partial charge in [0.15, 0.2) is 0 Å². The van der Waals surface area contributed by atoms with Gasteiger partial charge >= 0.3 is 0 Å². The van der Waals surface area contributed by atoms with E-state index in [1.54, 1.807) is 32.2 Å². The fourth-order valence-electron chi connectivity index (χ4n) is 1.52. The molecule has 0 fully saturated rings. The fourth-order valence-corrected chi connectivity index (χ4v) is 2.41. The van der Waals surface area contributed by atoms with E-state index in [2.05, 4.69) is 47.3 Å². The van der Waals surface area contributed by atoms with Crippen molar-refractivity contribution in [3.05, 3.63) is 33.0 Å². The Morgan fingerprint density at radius 1 is 1.10 bits per heavy atom. The van der Waals surface area contributed by atoms with Crippen LogP contribution in [0.4, 0.5) is 5.82 Å². The smallest absolute Gasteiger partial charge is 0.224 e. The number of ether oxygens (including phenoxy) is 2. The molecule has 0 unspecified atom stereocenters. The number of aryl methyl sites for hydroxylation is 1. The maximum atomic E-state index is 5.73. The number of nitrogen functional groups attached to an aromatic ring is 1. The van der Waals surface area contributed by atoms with Crippen LogP contribution in [0.25, 0.3) is 0 Å². The van der Waals surface area contributed by atoms with E-state index in [1.807, 2.05) is 0 Å². The number of nitrogens with one attached hydrogen (secondary N) is 1. The third-order valence-electron chi connectivity index (χ3n) is 2.38. The number of anilines is 1. The highest BCUT2D eigenvalue weighted by Gasteiger charge is 2.11. The number of halogens is 2. The Kier molecular flexibility index (Phi) is 4.79. The average molecular weight is 404 g/mol. The molecule has 0 spiro atoms. The number of hydrazine groups is 1. The highest BCUT2D eigenvalue weighted by molar-refractivity contribution is 9.11. The zero-order valence-electron chi connectivity index (χ0n) is 10.8.